The molecular weight excluding hydrogens is 302 g/mol. The Balaban J connectivity index is 3.14. The average molecular weight is 325 g/mol. The molecule has 1 amide bonds. The van der Waals surface area contributed by atoms with Gasteiger partial charge in [0.2, 0.25) is 5.75 Å². The monoisotopic (exact) mass is 325 g/mol. The zero-order valence-electron chi connectivity index (χ0n) is 14.3. The van der Waals surface area contributed by atoms with E-state index in [9.17, 15) is 9.59 Å². The Bertz CT molecular complexity index is 545. The first-order valence-corrected chi connectivity index (χ1v) is 7.08. The van der Waals surface area contributed by atoms with Crippen LogP contribution in [0.15, 0.2) is 12.1 Å². The van der Waals surface area contributed by atoms with Gasteiger partial charge in [0, 0.05) is 5.56 Å². The van der Waals surface area contributed by atoms with E-state index in [1.165, 1.54) is 40.6 Å². The van der Waals surface area contributed by atoms with E-state index in [0.29, 0.717) is 17.2 Å². The highest BCUT2D eigenvalue weighted by Gasteiger charge is 2.26. The molecule has 128 valence electrons. The summed E-state index contributed by atoms with van der Waals surface area (Å²) >= 11 is 0. The number of methoxy groups -OCH3 is 4. The lowest BCUT2D eigenvalue weighted by atomic mass is 10.0. The molecule has 23 heavy (non-hydrogen) atoms. The maximum Gasteiger partial charge on any atom is 0.328 e. The molecule has 1 aromatic carbocycles. The standard InChI is InChI=1S/C16H23NO6/c1-9(2)13(16(19)23-6)17-15(18)10-7-11(20-3)14(22-5)12(8-10)21-4/h7-9,13H,1-6H3,(H,17,18)/t13-/m0/s1. The zero-order valence-corrected chi connectivity index (χ0v) is 14.3. The molecule has 1 rings (SSSR count). The van der Waals surface area contributed by atoms with E-state index in [2.05, 4.69) is 5.32 Å². The highest BCUT2D eigenvalue weighted by atomic mass is 16.5. The van der Waals surface area contributed by atoms with Crippen LogP contribution in [0.5, 0.6) is 17.2 Å². The molecule has 0 bridgehead atoms. The van der Waals surface area contributed by atoms with Crippen LogP contribution in [0.1, 0.15) is 24.2 Å². The van der Waals surface area contributed by atoms with Gasteiger partial charge < -0.3 is 24.3 Å². The fourth-order valence-corrected chi connectivity index (χ4v) is 2.06. The van der Waals surface area contributed by atoms with Gasteiger partial charge in [0.05, 0.1) is 28.4 Å². The lowest BCUT2D eigenvalue weighted by Crippen LogP contribution is -2.45. The predicted octanol–water partition coefficient (Wildman–Crippen LogP) is 1.64. The minimum atomic E-state index is -0.744. The van der Waals surface area contributed by atoms with Crippen molar-refractivity contribution >= 4 is 11.9 Å². The number of hydrogen-bond acceptors (Lipinski definition) is 6. The van der Waals surface area contributed by atoms with Crippen LogP contribution >= 0.6 is 0 Å². The Morgan fingerprint density at radius 3 is 1.83 bits per heavy atom. The van der Waals surface area contributed by atoms with Crippen LogP contribution < -0.4 is 19.5 Å². The molecule has 7 nitrogen and oxygen atoms in total. The Labute approximate surface area is 135 Å². The van der Waals surface area contributed by atoms with Gasteiger partial charge in [0.25, 0.3) is 5.91 Å². The second kappa shape index (κ2) is 8.26. The van der Waals surface area contributed by atoms with Crippen LogP contribution in [0.4, 0.5) is 0 Å². The van der Waals surface area contributed by atoms with Gasteiger partial charge in [-0.2, -0.15) is 0 Å². The molecule has 0 aliphatic rings. The number of benzene rings is 1. The molecule has 7 heteroatoms. The summed E-state index contributed by atoms with van der Waals surface area (Å²) in [4.78, 5) is 24.2. The fourth-order valence-electron chi connectivity index (χ4n) is 2.06. The lowest BCUT2D eigenvalue weighted by Gasteiger charge is -2.20. The smallest absolute Gasteiger partial charge is 0.328 e. The summed E-state index contributed by atoms with van der Waals surface area (Å²) in [5.41, 5.74) is 0.286. The molecule has 0 saturated carbocycles. The highest BCUT2D eigenvalue weighted by molar-refractivity contribution is 5.98. The molecule has 0 aliphatic carbocycles. The summed E-state index contributed by atoms with van der Waals surface area (Å²) in [7, 11) is 5.68. The summed E-state index contributed by atoms with van der Waals surface area (Å²) < 4.78 is 20.4. The van der Waals surface area contributed by atoms with Gasteiger partial charge in [0.15, 0.2) is 11.5 Å². The van der Waals surface area contributed by atoms with Crippen LogP contribution in [0, 0.1) is 5.92 Å². The van der Waals surface area contributed by atoms with E-state index in [-0.39, 0.29) is 11.5 Å². The Morgan fingerprint density at radius 1 is 0.957 bits per heavy atom. The molecule has 0 aliphatic heterocycles. The number of nitrogens with one attached hydrogen (secondary N) is 1. The summed E-state index contributed by atoms with van der Waals surface area (Å²) in [6.07, 6.45) is 0. The summed E-state index contributed by atoms with van der Waals surface area (Å²) in [5.74, 6) is 0.0508. The first-order valence-electron chi connectivity index (χ1n) is 7.08. The highest BCUT2D eigenvalue weighted by Crippen LogP contribution is 2.38. The van der Waals surface area contributed by atoms with Crippen molar-refractivity contribution < 1.29 is 28.5 Å². The van der Waals surface area contributed by atoms with Crippen molar-refractivity contribution in [2.75, 3.05) is 28.4 Å². The van der Waals surface area contributed by atoms with E-state index >= 15 is 0 Å². The van der Waals surface area contributed by atoms with Crippen molar-refractivity contribution in [2.24, 2.45) is 5.92 Å². The third kappa shape index (κ3) is 4.28. The summed E-state index contributed by atoms with van der Waals surface area (Å²) in [6, 6.07) is 2.29. The van der Waals surface area contributed by atoms with E-state index in [0.717, 1.165) is 0 Å². The maximum atomic E-state index is 12.4. The van der Waals surface area contributed by atoms with Crippen molar-refractivity contribution in [3.05, 3.63) is 17.7 Å². The maximum absolute atomic E-state index is 12.4. The first-order chi connectivity index (χ1) is 10.9. The topological polar surface area (TPSA) is 83.1 Å². The molecule has 0 unspecified atom stereocenters. The van der Waals surface area contributed by atoms with Gasteiger partial charge in [0.1, 0.15) is 6.04 Å². The Hall–Kier alpha value is -2.44. The number of hydrogen-bond donors (Lipinski definition) is 1. The molecule has 0 spiro atoms. The normalized spacial score (nSPS) is 11.6. The molecular formula is C16H23NO6. The summed E-state index contributed by atoms with van der Waals surface area (Å²) in [5, 5.41) is 2.66. The Kier molecular flexibility index (Phi) is 6.68. The average Bonchev–Trinajstić information content (AvgIpc) is 2.56. The molecule has 0 aromatic heterocycles. The van der Waals surface area contributed by atoms with Gasteiger partial charge in [-0.1, -0.05) is 13.8 Å². The molecule has 1 aromatic rings. The van der Waals surface area contributed by atoms with Crippen molar-refractivity contribution in [1.82, 2.24) is 5.32 Å². The SMILES string of the molecule is COC(=O)[C@@H](NC(=O)c1cc(OC)c(OC)c(OC)c1)C(C)C. The quantitative estimate of drug-likeness (QED) is 0.767. The van der Waals surface area contributed by atoms with Gasteiger partial charge in [-0.15, -0.1) is 0 Å². The molecule has 0 fully saturated rings. The third-order valence-electron chi connectivity index (χ3n) is 3.34. The zero-order chi connectivity index (χ0) is 17.6. The van der Waals surface area contributed by atoms with Crippen LogP contribution in [0.3, 0.4) is 0 Å². The largest absolute Gasteiger partial charge is 0.493 e. The van der Waals surface area contributed by atoms with E-state index < -0.39 is 17.9 Å². The lowest BCUT2D eigenvalue weighted by molar-refractivity contribution is -0.144. The van der Waals surface area contributed by atoms with Crippen molar-refractivity contribution in [3.8, 4) is 17.2 Å². The molecule has 0 radical (unpaired) electrons. The van der Waals surface area contributed by atoms with Gasteiger partial charge >= 0.3 is 5.97 Å². The number of carbonyl (C=O) groups excluding carboxylic acids is 2. The van der Waals surface area contributed by atoms with Crippen LogP contribution in [-0.2, 0) is 9.53 Å². The minimum absolute atomic E-state index is 0.117. The molecule has 0 heterocycles. The summed E-state index contributed by atoms with van der Waals surface area (Å²) in [6.45, 7) is 3.63. The van der Waals surface area contributed by atoms with Crippen LogP contribution in [0.25, 0.3) is 0 Å². The van der Waals surface area contributed by atoms with Gasteiger partial charge in [-0.05, 0) is 18.1 Å². The molecule has 0 saturated heterocycles. The van der Waals surface area contributed by atoms with Crippen LogP contribution in [0.2, 0.25) is 0 Å². The van der Waals surface area contributed by atoms with Gasteiger partial charge in [-0.3, -0.25) is 4.79 Å². The second-order valence-electron chi connectivity index (χ2n) is 5.13. The Morgan fingerprint density at radius 2 is 1.48 bits per heavy atom. The van der Waals surface area contributed by atoms with Crippen LogP contribution in [-0.4, -0.2) is 46.4 Å². The van der Waals surface area contributed by atoms with E-state index in [1.807, 2.05) is 13.8 Å². The molecule has 1 atom stereocenters. The van der Waals surface area contributed by atoms with Crippen molar-refractivity contribution in [1.29, 1.82) is 0 Å². The third-order valence-corrected chi connectivity index (χ3v) is 3.34. The number of carbonyl (C=O) groups is 2. The first kappa shape index (κ1) is 18.6. The van der Waals surface area contributed by atoms with Crippen molar-refractivity contribution in [2.45, 2.75) is 19.9 Å². The van der Waals surface area contributed by atoms with Gasteiger partial charge in [-0.25, -0.2) is 4.79 Å². The fraction of sp³-hybridized carbons (Fsp3) is 0.500. The van der Waals surface area contributed by atoms with Crippen molar-refractivity contribution in [3.63, 3.8) is 0 Å². The predicted molar refractivity (Wildman–Crippen MR) is 84.2 cm³/mol. The molecule has 1 N–H and O–H groups in total. The number of ether oxygens (including phenoxy) is 4. The minimum Gasteiger partial charge on any atom is -0.493 e. The van der Waals surface area contributed by atoms with E-state index in [1.54, 1.807) is 0 Å². The second-order valence-corrected chi connectivity index (χ2v) is 5.13. The number of rotatable bonds is 7. The number of amides is 1. The number of esters is 1. The van der Waals surface area contributed by atoms with E-state index in [4.69, 9.17) is 18.9 Å².